The molecule has 1 N–H and O–H groups in total. The van der Waals surface area contributed by atoms with Crippen molar-refractivity contribution in [2.45, 2.75) is 77.5 Å². The van der Waals surface area contributed by atoms with Crippen LogP contribution in [0.5, 0.6) is 5.75 Å². The molecule has 1 aliphatic heterocycles. The van der Waals surface area contributed by atoms with Gasteiger partial charge in [-0.2, -0.15) is 0 Å². The lowest BCUT2D eigenvalue weighted by Gasteiger charge is -2.32. The normalized spacial score (nSPS) is 16.3. The summed E-state index contributed by atoms with van der Waals surface area (Å²) in [7, 11) is -0.524. The van der Waals surface area contributed by atoms with E-state index in [2.05, 4.69) is 25.0 Å². The lowest BCUT2D eigenvalue weighted by Crippen LogP contribution is -2.41. The molecule has 0 aromatic heterocycles. The zero-order valence-corrected chi connectivity index (χ0v) is 25.5. The van der Waals surface area contributed by atoms with Crippen LogP contribution in [0.1, 0.15) is 49.2 Å². The first-order chi connectivity index (χ1) is 17.6. The first-order valence-electron chi connectivity index (χ1n) is 12.9. The summed E-state index contributed by atoms with van der Waals surface area (Å²) in [6, 6.07) is 11.6. The number of carbonyl (C=O) groups excluding carboxylic acids is 2. The van der Waals surface area contributed by atoms with Crippen LogP contribution in [0.25, 0.3) is 0 Å². The van der Waals surface area contributed by atoms with Gasteiger partial charge in [0.25, 0.3) is 5.91 Å². The van der Waals surface area contributed by atoms with Gasteiger partial charge in [-0.25, -0.2) is 0 Å². The molecule has 3 rings (SSSR count). The van der Waals surface area contributed by atoms with E-state index >= 15 is 0 Å². The van der Waals surface area contributed by atoms with Gasteiger partial charge in [-0.15, -0.1) is 0 Å². The molecule has 7 nitrogen and oxygen atoms in total. The highest BCUT2D eigenvalue weighted by Crippen LogP contribution is 2.37. The van der Waals surface area contributed by atoms with E-state index in [1.807, 2.05) is 52.0 Å². The monoisotopic (exact) mass is 559 g/mol. The van der Waals surface area contributed by atoms with Crippen molar-refractivity contribution in [2.75, 3.05) is 13.7 Å². The molecule has 10 heteroatoms. The number of esters is 1. The van der Waals surface area contributed by atoms with E-state index in [-0.39, 0.29) is 18.9 Å². The Hall–Kier alpha value is -2.33. The van der Waals surface area contributed by atoms with E-state index < -0.39 is 32.4 Å². The summed E-state index contributed by atoms with van der Waals surface area (Å²) < 4.78 is 23.3. The average Bonchev–Trinajstić information content (AvgIpc) is 3.03. The summed E-state index contributed by atoms with van der Waals surface area (Å²) in [5.74, 6) is -0.0790. The van der Waals surface area contributed by atoms with Crippen LogP contribution in [0.15, 0.2) is 36.4 Å². The summed E-state index contributed by atoms with van der Waals surface area (Å²) >= 11 is 6.68. The zero-order chi connectivity index (χ0) is 28.3. The van der Waals surface area contributed by atoms with Crippen LogP contribution >= 0.6 is 11.6 Å². The molecule has 1 amide bonds. The molecule has 1 fully saturated rings. The van der Waals surface area contributed by atoms with Gasteiger partial charge in [0.1, 0.15) is 5.75 Å². The third kappa shape index (κ3) is 7.40. The van der Waals surface area contributed by atoms with E-state index in [9.17, 15) is 9.59 Å². The number of halogens is 1. The lowest BCUT2D eigenvalue weighted by atomic mass is 9.77. The van der Waals surface area contributed by atoms with E-state index in [1.54, 1.807) is 19.2 Å². The number of ether oxygens (including phenoxy) is 2. The van der Waals surface area contributed by atoms with Gasteiger partial charge >= 0.3 is 13.1 Å². The van der Waals surface area contributed by atoms with Crippen molar-refractivity contribution in [3.63, 3.8) is 0 Å². The second-order valence-electron chi connectivity index (χ2n) is 11.8. The van der Waals surface area contributed by atoms with Crippen LogP contribution in [0.2, 0.25) is 30.7 Å². The summed E-state index contributed by atoms with van der Waals surface area (Å²) in [6.45, 7) is 15.1. The fourth-order valence-electron chi connectivity index (χ4n) is 3.94. The molecule has 0 unspecified atom stereocenters. The molecule has 1 aliphatic rings. The number of hydrogen-bond acceptors (Lipinski definition) is 6. The summed E-state index contributed by atoms with van der Waals surface area (Å²) in [4.78, 5) is 26.2. The van der Waals surface area contributed by atoms with Crippen molar-refractivity contribution in [1.82, 2.24) is 5.32 Å². The van der Waals surface area contributed by atoms with E-state index in [1.165, 1.54) is 0 Å². The standard InChI is InChI=1S/C28H39BClNO6Si/c1-27(2)28(3,4)37-29(36-27)22-17-21(26(33)31-18-19-11-9-10-12-24(19)34-5)20(15-23(22)30)16-25(32)35-13-14-38(6,7)8/h9-12,15,17H,13-14,16,18H2,1-8H3,(H,31,33). The van der Waals surface area contributed by atoms with Gasteiger partial charge in [0.15, 0.2) is 0 Å². The van der Waals surface area contributed by atoms with Crippen molar-refractivity contribution >= 4 is 44.1 Å². The number of carbonyl (C=O) groups is 2. The minimum absolute atomic E-state index is 0.0769. The molecular weight excluding hydrogens is 521 g/mol. The molecule has 0 saturated carbocycles. The summed E-state index contributed by atoms with van der Waals surface area (Å²) in [5.41, 5.74) is 1.000. The quantitative estimate of drug-likeness (QED) is 0.326. The smallest absolute Gasteiger partial charge is 0.496 e. The van der Waals surface area contributed by atoms with Crippen molar-refractivity contribution in [3.05, 3.63) is 58.1 Å². The first-order valence-corrected chi connectivity index (χ1v) is 17.0. The van der Waals surface area contributed by atoms with Gasteiger partial charge in [0.05, 0.1) is 31.3 Å². The maximum atomic E-state index is 13.5. The zero-order valence-electron chi connectivity index (χ0n) is 23.7. The number of rotatable bonds is 10. The molecule has 0 spiro atoms. The van der Waals surface area contributed by atoms with Gasteiger partial charge in [-0.1, -0.05) is 49.4 Å². The average molecular weight is 560 g/mol. The molecule has 2 aromatic carbocycles. The van der Waals surface area contributed by atoms with Gasteiger partial charge in [-0.05, 0) is 57.5 Å². The number of para-hydroxylation sites is 1. The number of nitrogens with one attached hydrogen (secondary N) is 1. The molecule has 0 radical (unpaired) electrons. The maximum Gasteiger partial charge on any atom is 0.496 e. The van der Waals surface area contributed by atoms with Crippen molar-refractivity contribution in [1.29, 1.82) is 0 Å². The first kappa shape index (κ1) is 30.2. The molecular formula is C28H39BClNO6Si. The Morgan fingerprint density at radius 3 is 2.26 bits per heavy atom. The third-order valence-corrected chi connectivity index (χ3v) is 9.09. The molecule has 1 saturated heterocycles. The summed E-state index contributed by atoms with van der Waals surface area (Å²) in [5, 5.41) is 3.30. The Morgan fingerprint density at radius 1 is 1.03 bits per heavy atom. The van der Waals surface area contributed by atoms with Gasteiger partial charge in [0.2, 0.25) is 0 Å². The van der Waals surface area contributed by atoms with Gasteiger partial charge < -0.3 is 24.1 Å². The van der Waals surface area contributed by atoms with Crippen LogP contribution in [-0.2, 0) is 31.8 Å². The van der Waals surface area contributed by atoms with Gasteiger partial charge in [-0.3, -0.25) is 9.59 Å². The number of methoxy groups -OCH3 is 1. The Morgan fingerprint density at radius 2 is 1.66 bits per heavy atom. The molecule has 0 aliphatic carbocycles. The van der Waals surface area contributed by atoms with E-state index in [0.29, 0.717) is 34.0 Å². The fourth-order valence-corrected chi connectivity index (χ4v) is 4.93. The second-order valence-corrected chi connectivity index (χ2v) is 17.9. The fraction of sp³-hybridized carbons (Fsp3) is 0.500. The van der Waals surface area contributed by atoms with Gasteiger partial charge in [0, 0.05) is 36.2 Å². The minimum atomic E-state index is -1.35. The molecule has 0 bridgehead atoms. The van der Waals surface area contributed by atoms with Crippen LogP contribution in [0, 0.1) is 0 Å². The van der Waals surface area contributed by atoms with Crippen LogP contribution < -0.4 is 15.5 Å². The Kier molecular flexibility index (Phi) is 9.40. The van der Waals surface area contributed by atoms with Crippen LogP contribution in [0.4, 0.5) is 0 Å². The van der Waals surface area contributed by atoms with Crippen molar-refractivity contribution in [2.24, 2.45) is 0 Å². The Labute approximate surface area is 232 Å². The summed E-state index contributed by atoms with van der Waals surface area (Å²) in [6.07, 6.45) is -0.0769. The number of hydrogen-bond donors (Lipinski definition) is 1. The van der Waals surface area contributed by atoms with Crippen molar-refractivity contribution < 1.29 is 28.4 Å². The van der Waals surface area contributed by atoms with E-state index in [0.717, 1.165) is 11.6 Å². The topological polar surface area (TPSA) is 83.1 Å². The highest BCUT2D eigenvalue weighted by molar-refractivity contribution is 6.76. The number of amides is 1. The molecule has 2 aromatic rings. The highest BCUT2D eigenvalue weighted by Gasteiger charge is 2.52. The predicted molar refractivity (Wildman–Crippen MR) is 154 cm³/mol. The Balaban J connectivity index is 1.89. The largest absolute Gasteiger partial charge is 0.496 e. The lowest BCUT2D eigenvalue weighted by molar-refractivity contribution is -0.142. The minimum Gasteiger partial charge on any atom is -0.496 e. The SMILES string of the molecule is COc1ccccc1CNC(=O)c1cc(B2OC(C)(C)C(C)(C)O2)c(Cl)cc1CC(=O)OCC[Si](C)(C)C. The molecule has 1 heterocycles. The molecule has 0 atom stereocenters. The van der Waals surface area contributed by atoms with Crippen molar-refractivity contribution in [3.8, 4) is 5.75 Å². The predicted octanol–water partition coefficient (Wildman–Crippen LogP) is 5.00. The van der Waals surface area contributed by atoms with Crippen LogP contribution in [-0.4, -0.2) is 52.0 Å². The Bertz CT molecular complexity index is 1160. The van der Waals surface area contributed by atoms with E-state index in [4.69, 9.17) is 30.4 Å². The maximum absolute atomic E-state index is 13.5. The number of benzene rings is 2. The molecule has 206 valence electrons. The third-order valence-electron chi connectivity index (χ3n) is 7.06. The second kappa shape index (κ2) is 11.8. The highest BCUT2D eigenvalue weighted by atomic mass is 35.5. The van der Waals surface area contributed by atoms with Crippen LogP contribution in [0.3, 0.4) is 0 Å². The molecule has 38 heavy (non-hydrogen) atoms.